The zero-order valence-corrected chi connectivity index (χ0v) is 17.7. The maximum Gasteiger partial charge on any atom is 0.332 e. The van der Waals surface area contributed by atoms with Crippen molar-refractivity contribution in [2.24, 2.45) is 0 Å². The van der Waals surface area contributed by atoms with E-state index in [1.54, 1.807) is 30.3 Å². The van der Waals surface area contributed by atoms with Gasteiger partial charge in [0.2, 0.25) is 0 Å². The molecule has 6 nitrogen and oxygen atoms in total. The van der Waals surface area contributed by atoms with Gasteiger partial charge < -0.3 is 9.32 Å². The van der Waals surface area contributed by atoms with Gasteiger partial charge >= 0.3 is 6.03 Å². The van der Waals surface area contributed by atoms with E-state index in [1.807, 2.05) is 24.1 Å². The molecule has 2 aromatic carbocycles. The van der Waals surface area contributed by atoms with Gasteiger partial charge in [-0.1, -0.05) is 38.0 Å². The number of nitrogens with zero attached hydrogens (tertiary/aromatic N) is 1. The molecule has 30 heavy (non-hydrogen) atoms. The van der Waals surface area contributed by atoms with Gasteiger partial charge in [0.05, 0.1) is 5.69 Å². The zero-order chi connectivity index (χ0) is 21.5. The molecule has 0 spiro atoms. The summed E-state index contributed by atoms with van der Waals surface area (Å²) in [6.07, 6.45) is 3.22. The lowest BCUT2D eigenvalue weighted by atomic mass is 10.2. The van der Waals surface area contributed by atoms with E-state index in [1.165, 1.54) is 6.07 Å². The Hall–Kier alpha value is -3.00. The Morgan fingerprint density at radius 1 is 1.13 bits per heavy atom. The van der Waals surface area contributed by atoms with Crippen molar-refractivity contribution in [1.82, 2.24) is 10.0 Å². The topological polar surface area (TPSA) is 74.6 Å². The van der Waals surface area contributed by atoms with Gasteiger partial charge in [-0.2, -0.15) is 0 Å². The van der Waals surface area contributed by atoms with Crippen molar-refractivity contribution >= 4 is 40.5 Å². The Morgan fingerprint density at radius 3 is 2.67 bits per heavy atom. The van der Waals surface area contributed by atoms with Crippen molar-refractivity contribution < 1.29 is 18.4 Å². The number of carbonyl (C=O) groups is 2. The summed E-state index contributed by atoms with van der Waals surface area (Å²) in [6, 6.07) is 12.8. The van der Waals surface area contributed by atoms with Crippen molar-refractivity contribution in [3.05, 3.63) is 60.1 Å². The van der Waals surface area contributed by atoms with Gasteiger partial charge in [-0.05, 0) is 48.7 Å². The van der Waals surface area contributed by atoms with Crippen LogP contribution in [0.15, 0.2) is 57.8 Å². The number of carbonyl (C=O) groups excluding carboxylic acids is 2. The molecular weight excluding hydrogens is 405 g/mol. The number of rotatable bonds is 8. The minimum Gasteiger partial charge on any atom is -0.451 e. The standard InChI is InChI=1S/C22H24FN3O3S/c1-3-4-7-12-26(2)18-11-10-16(14-17(18)23)30-25-22(28)24-21(27)20-13-15-8-5-6-9-19(15)29-20/h5-6,8-11,13-14H,3-4,7,12H2,1-2H3,(H2,24,25,27,28). The molecule has 3 amide bonds. The third-order valence-electron chi connectivity index (χ3n) is 4.57. The van der Waals surface area contributed by atoms with Crippen LogP contribution in [0.1, 0.15) is 36.7 Å². The molecule has 0 saturated heterocycles. The molecule has 0 unspecified atom stereocenters. The molecule has 8 heteroatoms. The van der Waals surface area contributed by atoms with Crippen molar-refractivity contribution in [1.29, 1.82) is 0 Å². The largest absolute Gasteiger partial charge is 0.451 e. The molecule has 1 aromatic heterocycles. The van der Waals surface area contributed by atoms with E-state index >= 15 is 0 Å². The van der Waals surface area contributed by atoms with Crippen LogP contribution in [0.4, 0.5) is 14.9 Å². The highest BCUT2D eigenvalue weighted by atomic mass is 32.2. The van der Waals surface area contributed by atoms with Gasteiger partial charge in [-0.15, -0.1) is 0 Å². The summed E-state index contributed by atoms with van der Waals surface area (Å²) in [5, 5.41) is 2.97. The van der Waals surface area contributed by atoms with E-state index in [2.05, 4.69) is 17.0 Å². The maximum absolute atomic E-state index is 14.4. The van der Waals surface area contributed by atoms with E-state index in [4.69, 9.17) is 4.42 Å². The number of halogens is 1. The molecule has 0 bridgehead atoms. The van der Waals surface area contributed by atoms with E-state index in [9.17, 15) is 14.0 Å². The highest BCUT2D eigenvalue weighted by molar-refractivity contribution is 7.98. The zero-order valence-electron chi connectivity index (χ0n) is 16.9. The molecule has 3 aromatic rings. The number of hydrogen-bond acceptors (Lipinski definition) is 5. The third-order valence-corrected chi connectivity index (χ3v) is 5.34. The summed E-state index contributed by atoms with van der Waals surface area (Å²) in [5.74, 6) is -0.975. The number of imide groups is 1. The van der Waals surface area contributed by atoms with E-state index < -0.39 is 11.9 Å². The van der Waals surface area contributed by atoms with Crippen molar-refractivity contribution in [2.75, 3.05) is 18.5 Å². The number of unbranched alkanes of at least 4 members (excludes halogenated alkanes) is 2. The Morgan fingerprint density at radius 2 is 1.93 bits per heavy atom. The molecule has 2 N–H and O–H groups in total. The fraction of sp³-hybridized carbons (Fsp3) is 0.273. The molecule has 3 rings (SSSR count). The van der Waals surface area contributed by atoms with Gasteiger partial charge in [0.25, 0.3) is 5.91 Å². The first-order valence-electron chi connectivity index (χ1n) is 9.75. The summed E-state index contributed by atoms with van der Waals surface area (Å²) < 4.78 is 22.3. The van der Waals surface area contributed by atoms with Crippen LogP contribution in [0.2, 0.25) is 0 Å². The summed E-state index contributed by atoms with van der Waals surface area (Å²) >= 11 is 0.923. The van der Waals surface area contributed by atoms with Crippen molar-refractivity contribution in [3.63, 3.8) is 0 Å². The van der Waals surface area contributed by atoms with E-state index in [0.717, 1.165) is 43.1 Å². The molecule has 0 radical (unpaired) electrons. The lowest BCUT2D eigenvalue weighted by molar-refractivity contribution is 0.0940. The van der Waals surface area contributed by atoms with Crippen LogP contribution < -0.4 is 14.9 Å². The van der Waals surface area contributed by atoms with Crippen molar-refractivity contribution in [2.45, 2.75) is 31.1 Å². The fourth-order valence-electron chi connectivity index (χ4n) is 2.97. The van der Waals surface area contributed by atoms with E-state index in [0.29, 0.717) is 16.2 Å². The minimum atomic E-state index is -0.716. The average molecular weight is 430 g/mol. The highest BCUT2D eigenvalue weighted by Gasteiger charge is 2.15. The number of fused-ring (bicyclic) bond motifs is 1. The van der Waals surface area contributed by atoms with E-state index in [-0.39, 0.29) is 11.6 Å². The lowest BCUT2D eigenvalue weighted by Crippen LogP contribution is -2.36. The second-order valence-corrected chi connectivity index (χ2v) is 7.76. The number of amides is 3. The average Bonchev–Trinajstić information content (AvgIpc) is 3.17. The second kappa shape index (κ2) is 10.2. The predicted octanol–water partition coefficient (Wildman–Crippen LogP) is 5.35. The molecule has 158 valence electrons. The first-order valence-corrected chi connectivity index (χ1v) is 10.6. The molecular formula is C22H24FN3O3S. The predicted molar refractivity (Wildman–Crippen MR) is 117 cm³/mol. The lowest BCUT2D eigenvalue weighted by Gasteiger charge is -2.20. The molecule has 0 aliphatic heterocycles. The van der Waals surface area contributed by atoms with Gasteiger partial charge in [0.15, 0.2) is 5.76 Å². The molecule has 0 saturated carbocycles. The first-order chi connectivity index (χ1) is 14.5. The number of benzene rings is 2. The SMILES string of the molecule is CCCCCN(C)c1ccc(SNC(=O)NC(=O)c2cc3ccccc3o2)cc1F. The second-order valence-electron chi connectivity index (χ2n) is 6.88. The Labute approximate surface area is 178 Å². The van der Waals surface area contributed by atoms with Gasteiger partial charge in [0, 0.05) is 23.9 Å². The summed E-state index contributed by atoms with van der Waals surface area (Å²) in [4.78, 5) is 26.6. The van der Waals surface area contributed by atoms with Crippen LogP contribution in [-0.2, 0) is 0 Å². The van der Waals surface area contributed by atoms with Crippen LogP contribution in [0.5, 0.6) is 0 Å². The summed E-state index contributed by atoms with van der Waals surface area (Å²) in [6.45, 7) is 2.90. The number of hydrogen-bond donors (Lipinski definition) is 2. The molecule has 0 fully saturated rings. The quantitative estimate of drug-likeness (QED) is 0.373. The molecule has 1 heterocycles. The Kier molecular flexibility index (Phi) is 7.35. The van der Waals surface area contributed by atoms with Gasteiger partial charge in [0.1, 0.15) is 11.4 Å². The smallest absolute Gasteiger partial charge is 0.332 e. The van der Waals surface area contributed by atoms with Crippen LogP contribution in [0.25, 0.3) is 11.0 Å². The minimum absolute atomic E-state index is 0.0397. The maximum atomic E-state index is 14.4. The van der Waals surface area contributed by atoms with Crippen LogP contribution >= 0.6 is 11.9 Å². The number of para-hydroxylation sites is 1. The Balaban J connectivity index is 1.52. The summed E-state index contributed by atoms with van der Waals surface area (Å²) in [5.41, 5.74) is 1.08. The first kappa shape index (κ1) is 21.7. The molecule has 0 aliphatic rings. The fourth-order valence-corrected chi connectivity index (χ4v) is 3.53. The molecule has 0 atom stereocenters. The van der Waals surface area contributed by atoms with Crippen LogP contribution in [-0.4, -0.2) is 25.5 Å². The van der Waals surface area contributed by atoms with Crippen LogP contribution in [0, 0.1) is 5.82 Å². The monoisotopic (exact) mass is 429 g/mol. The number of anilines is 1. The number of nitrogens with one attached hydrogen (secondary N) is 2. The molecule has 0 aliphatic carbocycles. The van der Waals surface area contributed by atoms with Crippen LogP contribution in [0.3, 0.4) is 0 Å². The normalized spacial score (nSPS) is 10.8. The Bertz CT molecular complexity index is 1000. The highest BCUT2D eigenvalue weighted by Crippen LogP contribution is 2.24. The number of furan rings is 1. The van der Waals surface area contributed by atoms with Gasteiger partial charge in [-0.25, -0.2) is 9.18 Å². The summed E-state index contributed by atoms with van der Waals surface area (Å²) in [7, 11) is 1.86. The van der Waals surface area contributed by atoms with Gasteiger partial charge in [-0.3, -0.25) is 14.8 Å². The van der Waals surface area contributed by atoms with Crippen molar-refractivity contribution in [3.8, 4) is 0 Å². The third kappa shape index (κ3) is 5.54. The number of urea groups is 1.